The van der Waals surface area contributed by atoms with Crippen LogP contribution in [0.2, 0.25) is 0 Å². The fourth-order valence-corrected chi connectivity index (χ4v) is 5.37. The van der Waals surface area contributed by atoms with Gasteiger partial charge in [-0.15, -0.1) is 0 Å². The first-order valence-electron chi connectivity index (χ1n) is 11.6. The first-order chi connectivity index (χ1) is 16.0. The second kappa shape index (κ2) is 9.46. The summed E-state index contributed by atoms with van der Waals surface area (Å²) in [5, 5.41) is 0. The van der Waals surface area contributed by atoms with E-state index in [-0.39, 0.29) is 0 Å². The van der Waals surface area contributed by atoms with Gasteiger partial charge in [0.1, 0.15) is 9.24 Å². The van der Waals surface area contributed by atoms with Crippen molar-refractivity contribution in [2.24, 2.45) is 9.98 Å². The van der Waals surface area contributed by atoms with E-state index >= 15 is 0 Å². The van der Waals surface area contributed by atoms with E-state index in [1.807, 2.05) is 0 Å². The highest BCUT2D eigenvalue weighted by atomic mass is 79.9. The van der Waals surface area contributed by atoms with E-state index in [0.717, 1.165) is 44.9 Å². The summed E-state index contributed by atoms with van der Waals surface area (Å²) in [6.45, 7) is 17.3. The molecule has 0 bridgehead atoms. The van der Waals surface area contributed by atoms with Gasteiger partial charge in [-0.3, -0.25) is 0 Å². The van der Waals surface area contributed by atoms with Crippen LogP contribution >= 0.6 is 31.9 Å². The number of aromatic amines is 2. The summed E-state index contributed by atoms with van der Waals surface area (Å²) in [5.41, 5.74) is 17.0. The molecule has 4 nitrogen and oxygen atoms in total. The number of hydrogen-bond donors (Lipinski definition) is 2. The number of nitrogens with zero attached hydrogens (tertiary/aromatic N) is 2. The quantitative estimate of drug-likeness (QED) is 0.355. The van der Waals surface area contributed by atoms with Crippen molar-refractivity contribution in [1.29, 1.82) is 0 Å². The zero-order chi connectivity index (χ0) is 24.9. The number of hydrogen-bond acceptors (Lipinski definition) is 2. The summed E-state index contributed by atoms with van der Waals surface area (Å²) >= 11 is 7.12. The van der Waals surface area contributed by atoms with E-state index in [9.17, 15) is 0 Å². The van der Waals surface area contributed by atoms with E-state index in [1.165, 1.54) is 55.9 Å². The Morgan fingerprint density at radius 1 is 0.559 bits per heavy atom. The van der Waals surface area contributed by atoms with Gasteiger partial charge in [0.2, 0.25) is 0 Å². The Hall–Kier alpha value is -2.18. The predicted molar refractivity (Wildman–Crippen MR) is 153 cm³/mol. The molecule has 0 unspecified atom stereocenters. The Kier molecular flexibility index (Phi) is 6.94. The summed E-state index contributed by atoms with van der Waals surface area (Å²) in [7, 11) is 0. The van der Waals surface area contributed by atoms with Gasteiger partial charge < -0.3 is 9.97 Å². The van der Waals surface area contributed by atoms with Crippen molar-refractivity contribution in [3.8, 4) is 0 Å². The summed E-state index contributed by atoms with van der Waals surface area (Å²) in [6, 6.07) is 0. The van der Waals surface area contributed by atoms with Crippen molar-refractivity contribution in [2.45, 2.75) is 68.2 Å². The zero-order valence-electron chi connectivity index (χ0n) is 21.2. The summed E-state index contributed by atoms with van der Waals surface area (Å²) in [4.78, 5) is 16.7. The van der Waals surface area contributed by atoms with Gasteiger partial charge in [-0.2, -0.15) is 0 Å². The van der Waals surface area contributed by atoms with E-state index < -0.39 is 0 Å². The molecule has 4 rings (SSSR count). The van der Waals surface area contributed by atoms with Crippen LogP contribution in [0.25, 0.3) is 12.2 Å². The van der Waals surface area contributed by atoms with Crippen LogP contribution in [0.1, 0.15) is 72.7 Å². The van der Waals surface area contributed by atoms with E-state index in [1.54, 1.807) is 0 Å². The lowest BCUT2D eigenvalue weighted by molar-refractivity contribution is 0.880. The number of H-pyrrole nitrogens is 2. The molecule has 0 saturated carbocycles. The fourth-order valence-electron chi connectivity index (χ4n) is 4.39. The van der Waals surface area contributed by atoms with Crippen molar-refractivity contribution in [2.75, 3.05) is 0 Å². The molecule has 0 radical (unpaired) electrons. The van der Waals surface area contributed by atoms with Crippen LogP contribution in [-0.4, -0.2) is 19.2 Å². The van der Waals surface area contributed by atoms with Gasteiger partial charge in [0, 0.05) is 22.8 Å². The first-order valence-corrected chi connectivity index (χ1v) is 13.2. The lowest BCUT2D eigenvalue weighted by Gasteiger charge is -2.02. The van der Waals surface area contributed by atoms with Crippen molar-refractivity contribution < 1.29 is 0 Å². The number of allylic oxidation sites excluding steroid dienone is 4. The van der Waals surface area contributed by atoms with E-state index in [0.29, 0.717) is 0 Å². The summed E-state index contributed by atoms with van der Waals surface area (Å²) in [5.74, 6) is 0. The number of nitrogens with one attached hydrogen (secondary N) is 2. The monoisotopic (exact) mass is 582 g/mol. The van der Waals surface area contributed by atoms with Crippen molar-refractivity contribution in [1.82, 2.24) is 9.97 Å². The molecule has 2 aromatic rings. The molecule has 0 amide bonds. The van der Waals surface area contributed by atoms with Crippen molar-refractivity contribution in [3.05, 3.63) is 78.7 Å². The molecule has 0 aliphatic carbocycles. The van der Waals surface area contributed by atoms with Crippen LogP contribution in [0.4, 0.5) is 0 Å². The van der Waals surface area contributed by atoms with Crippen LogP contribution in [0.5, 0.6) is 0 Å². The maximum absolute atomic E-state index is 4.67. The van der Waals surface area contributed by atoms with Crippen LogP contribution in [-0.2, 0) is 12.8 Å². The van der Waals surface area contributed by atoms with Gasteiger partial charge in [-0.25, -0.2) is 9.98 Å². The molecule has 0 spiro atoms. The molecule has 178 valence electrons. The fraction of sp³-hybridized carbons (Fsp3) is 0.357. The van der Waals surface area contributed by atoms with Crippen LogP contribution in [0.3, 0.4) is 0 Å². The van der Waals surface area contributed by atoms with Crippen LogP contribution in [0, 0.1) is 27.7 Å². The standard InChI is InChI=1S/C28H32Br2N4/c1-13-15(3)23(11-25-17(5)19(7)27(29)33-25)31-21(13)9-10-22-14(2)16(4)24(32-22)12-26-18(6)20(8)28(30)34-26/h11-12,31-32H,9-10H2,1-8H3/b25-11-,26-12-. The molecular weight excluding hydrogens is 552 g/mol. The van der Waals surface area contributed by atoms with Gasteiger partial charge in [0.05, 0.1) is 11.4 Å². The molecule has 34 heavy (non-hydrogen) atoms. The molecule has 0 fully saturated rings. The normalized spacial score (nSPS) is 18.8. The number of aliphatic imine (C=N–C) groups is 2. The average molecular weight is 584 g/mol. The Morgan fingerprint density at radius 3 is 1.21 bits per heavy atom. The minimum atomic E-state index is 0.928. The average Bonchev–Trinajstić information content (AvgIpc) is 3.41. The number of aromatic nitrogens is 2. The molecule has 0 aromatic carbocycles. The molecule has 2 N–H and O–H groups in total. The third kappa shape index (κ3) is 4.42. The highest BCUT2D eigenvalue weighted by Crippen LogP contribution is 2.32. The Morgan fingerprint density at radius 2 is 0.912 bits per heavy atom. The van der Waals surface area contributed by atoms with Gasteiger partial charge in [-0.1, -0.05) is 0 Å². The molecule has 4 heterocycles. The van der Waals surface area contributed by atoms with Gasteiger partial charge in [-0.05, 0) is 157 Å². The minimum Gasteiger partial charge on any atom is -0.358 e. The van der Waals surface area contributed by atoms with Crippen LogP contribution in [0.15, 0.2) is 43.7 Å². The van der Waals surface area contributed by atoms with E-state index in [4.69, 9.17) is 0 Å². The van der Waals surface area contributed by atoms with Crippen molar-refractivity contribution in [3.63, 3.8) is 0 Å². The summed E-state index contributed by atoms with van der Waals surface area (Å²) in [6.07, 6.45) is 6.25. The molecule has 2 aliphatic heterocycles. The topological polar surface area (TPSA) is 56.3 Å². The van der Waals surface area contributed by atoms with E-state index in [2.05, 4.69) is 119 Å². The van der Waals surface area contributed by atoms with Crippen molar-refractivity contribution >= 4 is 53.3 Å². The van der Waals surface area contributed by atoms with Crippen LogP contribution < -0.4 is 0 Å². The zero-order valence-corrected chi connectivity index (χ0v) is 24.4. The first kappa shape index (κ1) is 24.9. The Bertz CT molecular complexity index is 1280. The highest BCUT2D eigenvalue weighted by Gasteiger charge is 2.19. The Balaban J connectivity index is 1.57. The summed E-state index contributed by atoms with van der Waals surface area (Å²) < 4.78 is 1.86. The Labute approximate surface area is 219 Å². The number of aryl methyl sites for hydroxylation is 2. The largest absolute Gasteiger partial charge is 0.358 e. The molecule has 2 aromatic heterocycles. The highest BCUT2D eigenvalue weighted by molar-refractivity contribution is 9.18. The predicted octanol–water partition coefficient (Wildman–Crippen LogP) is 8.33. The van der Waals surface area contributed by atoms with Gasteiger partial charge in [0.15, 0.2) is 0 Å². The second-order valence-electron chi connectivity index (χ2n) is 9.40. The SMILES string of the molecule is CC1=C(C)/C(=C/c2[nH]c(CCc3[nH]c(/C=C4\N=C(Br)C(C)=C4C)c(C)c3C)c(C)c2C)N=C1Br. The molecule has 0 saturated heterocycles. The van der Waals surface area contributed by atoms with Gasteiger partial charge in [0.25, 0.3) is 0 Å². The smallest absolute Gasteiger partial charge is 0.110 e. The molecule has 2 aliphatic rings. The number of rotatable bonds is 5. The molecule has 0 atom stereocenters. The maximum Gasteiger partial charge on any atom is 0.110 e. The maximum atomic E-state index is 4.67. The van der Waals surface area contributed by atoms with Gasteiger partial charge >= 0.3 is 0 Å². The lowest BCUT2D eigenvalue weighted by atomic mass is 10.0. The number of halogens is 2. The lowest BCUT2D eigenvalue weighted by Crippen LogP contribution is -1.96. The third-order valence-corrected chi connectivity index (χ3v) is 9.09. The third-order valence-electron chi connectivity index (χ3n) is 7.55. The second-order valence-corrected chi connectivity index (χ2v) is 10.9. The minimum absolute atomic E-state index is 0.928. The molecule has 6 heteroatoms. The molecular formula is C28H32Br2N4.